The Kier molecular flexibility index (Phi) is 12.8. The second kappa shape index (κ2) is 16.1. The summed E-state index contributed by atoms with van der Waals surface area (Å²) in [7, 11) is 2.95. The van der Waals surface area contributed by atoms with Crippen LogP contribution in [0.4, 0.5) is 0 Å². The number of carbonyl (C=O) groups excluding carboxylic acids is 1. The number of carbonyl (C=O) groups is 1. The lowest BCUT2D eigenvalue weighted by atomic mass is 10.1. The number of aromatic hydroxyl groups is 2. The zero-order chi connectivity index (χ0) is 27.0. The predicted octanol–water partition coefficient (Wildman–Crippen LogP) is 5.30. The van der Waals surface area contributed by atoms with E-state index in [2.05, 4.69) is 23.9 Å². The molecule has 2 rings (SSSR count). The van der Waals surface area contributed by atoms with Gasteiger partial charge in [-0.3, -0.25) is 9.69 Å². The number of phenols is 2. The Morgan fingerprint density at radius 3 is 1.92 bits per heavy atom. The van der Waals surface area contributed by atoms with E-state index in [1.165, 1.54) is 26.4 Å². The van der Waals surface area contributed by atoms with Crippen LogP contribution in [0, 0.1) is 0 Å². The average molecular weight is 511 g/mol. The fourth-order valence-corrected chi connectivity index (χ4v) is 3.60. The normalized spacial score (nSPS) is 12.0. The van der Waals surface area contributed by atoms with Crippen LogP contribution in [0.5, 0.6) is 23.0 Å². The monoisotopic (exact) mass is 510 g/mol. The number of methoxy groups -OCH3 is 2. The minimum absolute atomic E-state index is 0.0324. The van der Waals surface area contributed by atoms with Crippen molar-refractivity contribution in [3.05, 3.63) is 59.7 Å². The molecule has 0 aliphatic heterocycles. The maximum absolute atomic E-state index is 12.7. The highest BCUT2D eigenvalue weighted by Crippen LogP contribution is 2.27. The zero-order valence-electron chi connectivity index (χ0n) is 22.1. The van der Waals surface area contributed by atoms with Gasteiger partial charge in [-0.15, -0.1) is 0 Å². The van der Waals surface area contributed by atoms with Crippen LogP contribution in [0.3, 0.4) is 0 Å². The number of hydrogen-bond acceptors (Lipinski definition) is 8. The second-order valence-corrected chi connectivity index (χ2v) is 8.43. The summed E-state index contributed by atoms with van der Waals surface area (Å²) < 4.78 is 10.3. The molecule has 0 saturated heterocycles. The van der Waals surface area contributed by atoms with E-state index in [1.54, 1.807) is 48.6 Å². The van der Waals surface area contributed by atoms with E-state index in [9.17, 15) is 15.0 Å². The summed E-state index contributed by atoms with van der Waals surface area (Å²) in [6.07, 6.45) is 8.80. The van der Waals surface area contributed by atoms with E-state index in [0.29, 0.717) is 23.8 Å². The van der Waals surface area contributed by atoms with Gasteiger partial charge in [0, 0.05) is 6.54 Å². The highest BCUT2D eigenvalue weighted by atomic mass is 16.6. The van der Waals surface area contributed by atoms with Crippen LogP contribution in [0.2, 0.25) is 0 Å². The van der Waals surface area contributed by atoms with Gasteiger partial charge in [-0.1, -0.05) is 43.3 Å². The van der Waals surface area contributed by atoms with Crippen LogP contribution >= 0.6 is 0 Å². The van der Waals surface area contributed by atoms with E-state index < -0.39 is 0 Å². The highest BCUT2D eigenvalue weighted by Gasteiger charge is 2.07. The number of oxime groups is 1. The van der Waals surface area contributed by atoms with E-state index in [-0.39, 0.29) is 23.7 Å². The largest absolute Gasteiger partial charge is 0.504 e. The molecule has 8 nitrogen and oxygen atoms in total. The summed E-state index contributed by atoms with van der Waals surface area (Å²) in [6.45, 7) is 7.48. The maximum atomic E-state index is 12.7. The topological polar surface area (TPSA) is 101 Å². The predicted molar refractivity (Wildman–Crippen MR) is 147 cm³/mol. The van der Waals surface area contributed by atoms with Gasteiger partial charge in [0.15, 0.2) is 28.8 Å². The Morgan fingerprint density at radius 1 is 0.865 bits per heavy atom. The van der Waals surface area contributed by atoms with Crippen LogP contribution in [-0.4, -0.2) is 67.1 Å². The van der Waals surface area contributed by atoms with Crippen LogP contribution in [0.1, 0.15) is 44.2 Å². The number of hydrogen-bond donors (Lipinski definition) is 2. The van der Waals surface area contributed by atoms with E-state index >= 15 is 0 Å². The van der Waals surface area contributed by atoms with Gasteiger partial charge in [0.05, 0.1) is 26.4 Å². The Hall–Kier alpha value is -3.78. The minimum Gasteiger partial charge on any atom is -0.504 e. The molecule has 0 radical (unpaired) electrons. The second-order valence-electron chi connectivity index (χ2n) is 8.43. The number of nitrogens with zero attached hydrogens (tertiary/aromatic N) is 2. The number of allylic oxidation sites excluding steroid dienone is 2. The Labute approximate surface area is 219 Å². The standard InChI is InChI=1S/C29H38N2O6/c1-5-15-31(16-6-2)17-18-37-30-24(11-7-22-9-13-26(33)28(19-22)35-3)21-25(32)12-8-23-10-14-27(34)29(20-23)36-4/h7-14,19-20,33-34H,5-6,15-18,21H2,1-4H3. The molecule has 2 N–H and O–H groups in total. The number of phenolic OH excluding ortho intramolecular Hbond substituents is 2. The Balaban J connectivity index is 2.14. The molecule has 0 saturated carbocycles. The molecule has 2 aromatic rings. The lowest BCUT2D eigenvalue weighted by Gasteiger charge is -2.19. The SMILES string of the molecule is CCCN(CCC)CCON=C(C=Cc1ccc(O)c(OC)c1)CC(=O)C=Cc1ccc(O)c(OC)c1. The van der Waals surface area contributed by atoms with Gasteiger partial charge in [-0.05, 0) is 73.5 Å². The number of benzene rings is 2. The van der Waals surface area contributed by atoms with Crippen molar-refractivity contribution in [3.63, 3.8) is 0 Å². The van der Waals surface area contributed by atoms with Gasteiger partial charge in [-0.2, -0.15) is 0 Å². The quantitative estimate of drug-likeness (QED) is 0.137. The van der Waals surface area contributed by atoms with Crippen molar-refractivity contribution in [3.8, 4) is 23.0 Å². The molecular formula is C29H38N2O6. The van der Waals surface area contributed by atoms with Gasteiger partial charge in [0.2, 0.25) is 0 Å². The molecule has 2 aromatic carbocycles. The van der Waals surface area contributed by atoms with Crippen LogP contribution < -0.4 is 9.47 Å². The van der Waals surface area contributed by atoms with E-state index in [1.807, 2.05) is 0 Å². The van der Waals surface area contributed by atoms with Crippen molar-refractivity contribution in [2.24, 2.45) is 5.16 Å². The maximum Gasteiger partial charge on any atom is 0.161 e. The number of ether oxygens (including phenoxy) is 2. The molecule has 0 fully saturated rings. The molecule has 0 aliphatic rings. The molecule has 0 heterocycles. The summed E-state index contributed by atoms with van der Waals surface area (Å²) >= 11 is 0. The smallest absolute Gasteiger partial charge is 0.161 e. The average Bonchev–Trinajstić information content (AvgIpc) is 2.89. The van der Waals surface area contributed by atoms with Crippen molar-refractivity contribution in [1.82, 2.24) is 4.90 Å². The first-order valence-electron chi connectivity index (χ1n) is 12.4. The fraction of sp³-hybridized carbons (Fsp3) is 0.379. The summed E-state index contributed by atoms with van der Waals surface area (Å²) in [5.41, 5.74) is 1.96. The van der Waals surface area contributed by atoms with E-state index in [0.717, 1.165) is 43.6 Å². The zero-order valence-corrected chi connectivity index (χ0v) is 22.1. The number of ketones is 1. The third-order valence-electron chi connectivity index (χ3n) is 5.45. The molecule has 0 aliphatic carbocycles. The van der Waals surface area contributed by atoms with Crippen molar-refractivity contribution >= 4 is 23.6 Å². The molecule has 8 heteroatoms. The first kappa shape index (κ1) is 29.5. The lowest BCUT2D eigenvalue weighted by molar-refractivity contribution is -0.113. The van der Waals surface area contributed by atoms with Crippen molar-refractivity contribution in [2.45, 2.75) is 33.1 Å². The van der Waals surface area contributed by atoms with Crippen molar-refractivity contribution < 1.29 is 29.3 Å². The summed E-state index contributed by atoms with van der Waals surface area (Å²) in [6, 6.07) is 9.82. The molecule has 0 spiro atoms. The van der Waals surface area contributed by atoms with Crippen LogP contribution in [0.25, 0.3) is 12.2 Å². The molecule has 0 amide bonds. The molecule has 0 aromatic heterocycles. The van der Waals surface area contributed by atoms with E-state index in [4.69, 9.17) is 14.3 Å². The molecule has 200 valence electrons. The van der Waals surface area contributed by atoms with Gasteiger partial charge in [0.1, 0.15) is 6.61 Å². The van der Waals surface area contributed by atoms with Crippen molar-refractivity contribution in [1.29, 1.82) is 0 Å². The summed E-state index contributed by atoms with van der Waals surface area (Å²) in [5, 5.41) is 23.8. The third-order valence-corrected chi connectivity index (χ3v) is 5.45. The highest BCUT2D eigenvalue weighted by molar-refractivity contribution is 6.13. The van der Waals surface area contributed by atoms with Gasteiger partial charge in [-0.25, -0.2) is 0 Å². The third kappa shape index (κ3) is 10.4. The first-order chi connectivity index (χ1) is 17.9. The lowest BCUT2D eigenvalue weighted by Crippen LogP contribution is -2.28. The molecule has 0 bridgehead atoms. The van der Waals surface area contributed by atoms with Gasteiger partial charge in [0.25, 0.3) is 0 Å². The van der Waals surface area contributed by atoms with Crippen molar-refractivity contribution in [2.75, 3.05) is 40.5 Å². The first-order valence-corrected chi connectivity index (χ1v) is 12.4. The number of rotatable bonds is 16. The molecule has 0 atom stereocenters. The summed E-state index contributed by atoms with van der Waals surface area (Å²) in [5.74, 6) is 0.600. The Bertz CT molecular complexity index is 1090. The molecule has 0 unspecified atom stereocenters. The van der Waals surface area contributed by atoms with Gasteiger partial charge < -0.3 is 24.5 Å². The fourth-order valence-electron chi connectivity index (χ4n) is 3.60. The van der Waals surface area contributed by atoms with Crippen LogP contribution in [-0.2, 0) is 9.63 Å². The molecular weight excluding hydrogens is 472 g/mol. The summed E-state index contributed by atoms with van der Waals surface area (Å²) in [4.78, 5) is 20.6. The Morgan fingerprint density at radius 2 is 1.41 bits per heavy atom. The van der Waals surface area contributed by atoms with Gasteiger partial charge >= 0.3 is 0 Å². The molecule has 37 heavy (non-hydrogen) atoms. The van der Waals surface area contributed by atoms with Crippen LogP contribution in [0.15, 0.2) is 53.7 Å². The minimum atomic E-state index is -0.166.